The summed E-state index contributed by atoms with van der Waals surface area (Å²) in [6, 6.07) is 0. The summed E-state index contributed by atoms with van der Waals surface area (Å²) < 4.78 is 6.15. The fourth-order valence-electron chi connectivity index (χ4n) is 11.5. The third kappa shape index (κ3) is 4.80. The number of hydrogen-bond acceptors (Lipinski definition) is 3. The van der Waals surface area contributed by atoms with Crippen LogP contribution in [0.1, 0.15) is 132 Å². The molecule has 6 rings (SSSR count). The Morgan fingerprint density at radius 3 is 1.44 bits per heavy atom. The van der Waals surface area contributed by atoms with Gasteiger partial charge in [0.05, 0.1) is 10.8 Å². The quantitative estimate of drug-likeness (QED) is 0.243. The van der Waals surface area contributed by atoms with Crippen molar-refractivity contribution in [2.45, 2.75) is 132 Å². The molecular weight excluding hydrogens is 528 g/mol. The first-order valence-electron chi connectivity index (χ1n) is 17.8. The van der Waals surface area contributed by atoms with E-state index in [2.05, 4.69) is 79.7 Å². The van der Waals surface area contributed by atoms with Gasteiger partial charge in [0.2, 0.25) is 0 Å². The molecular formula is C40H58O3. The second-order valence-electron chi connectivity index (χ2n) is 17.1. The monoisotopic (exact) mass is 586 g/mol. The third-order valence-corrected chi connectivity index (χ3v) is 14.3. The van der Waals surface area contributed by atoms with Crippen LogP contribution in [0.4, 0.5) is 0 Å². The van der Waals surface area contributed by atoms with Gasteiger partial charge in [-0.05, 0) is 136 Å². The number of ether oxygens (including phenoxy) is 1. The lowest BCUT2D eigenvalue weighted by Gasteiger charge is -2.58. The molecule has 0 spiro atoms. The Balaban J connectivity index is 1.24. The molecule has 0 bridgehead atoms. The molecule has 236 valence electrons. The normalized spacial score (nSPS) is 42.4. The van der Waals surface area contributed by atoms with Crippen LogP contribution in [0.2, 0.25) is 0 Å². The molecule has 0 aromatic rings. The van der Waals surface area contributed by atoms with Crippen LogP contribution in [0.3, 0.4) is 0 Å². The average Bonchev–Trinajstić information content (AvgIpc) is 2.96. The highest BCUT2D eigenvalue weighted by molar-refractivity contribution is 5.92. The highest BCUT2D eigenvalue weighted by Crippen LogP contribution is 2.64. The second-order valence-corrected chi connectivity index (χ2v) is 17.1. The van der Waals surface area contributed by atoms with E-state index in [0.29, 0.717) is 23.7 Å². The summed E-state index contributed by atoms with van der Waals surface area (Å²) in [4.78, 5) is 28.6. The zero-order valence-corrected chi connectivity index (χ0v) is 28.5. The summed E-state index contributed by atoms with van der Waals surface area (Å²) in [5.41, 5.74) is 5.02. The zero-order chi connectivity index (χ0) is 30.9. The van der Waals surface area contributed by atoms with E-state index < -0.39 is 10.8 Å². The number of esters is 2. The molecule has 8 atom stereocenters. The lowest BCUT2D eigenvalue weighted by atomic mass is 9.46. The van der Waals surface area contributed by atoms with E-state index in [1.54, 1.807) is 11.1 Å². The Morgan fingerprint density at radius 2 is 1.07 bits per heavy atom. The number of rotatable bonds is 4. The smallest absolute Gasteiger partial charge is 0.319 e. The van der Waals surface area contributed by atoms with Crippen LogP contribution in [-0.2, 0) is 14.3 Å². The average molecular weight is 587 g/mol. The predicted octanol–water partition coefficient (Wildman–Crippen LogP) is 10.3. The molecule has 0 amide bonds. The van der Waals surface area contributed by atoms with Gasteiger partial charge in [-0.15, -0.1) is 0 Å². The molecule has 0 aliphatic heterocycles. The van der Waals surface area contributed by atoms with Crippen molar-refractivity contribution in [3.05, 3.63) is 46.6 Å². The van der Waals surface area contributed by atoms with Gasteiger partial charge < -0.3 is 4.74 Å². The van der Waals surface area contributed by atoms with E-state index in [0.717, 1.165) is 64.2 Å². The third-order valence-electron chi connectivity index (χ3n) is 14.3. The minimum Gasteiger partial charge on any atom is -0.392 e. The standard InChI is InChI=1S/C40H58O3/c1-25(2)27-11-15-31-29(23-27)13-17-33-37(31,5)19-9-21-39(33,7)35(41)43-36(42)40(8)22-10-20-38(6)32-16-12-28(26(3)4)24-30(32)14-18-34(38)40/h13-14,23-26,31-34H,9-12,15-22H2,1-8H3/t31-,32-,33?,34?,37-,38-,39+,40+/m1/s1. The Hall–Kier alpha value is -1.90. The van der Waals surface area contributed by atoms with Gasteiger partial charge >= 0.3 is 11.9 Å². The molecule has 0 aromatic heterocycles. The zero-order valence-electron chi connectivity index (χ0n) is 28.5. The Bertz CT molecular complexity index is 1190. The summed E-state index contributed by atoms with van der Waals surface area (Å²) in [6.07, 6.45) is 22.3. The number of allylic oxidation sites excluding steroid dienone is 8. The first-order valence-corrected chi connectivity index (χ1v) is 17.8. The van der Waals surface area contributed by atoms with Gasteiger partial charge in [0.15, 0.2) is 0 Å². The van der Waals surface area contributed by atoms with Crippen molar-refractivity contribution >= 4 is 11.9 Å². The number of fused-ring (bicyclic) bond motifs is 6. The van der Waals surface area contributed by atoms with Crippen LogP contribution in [-0.4, -0.2) is 11.9 Å². The van der Waals surface area contributed by atoms with Gasteiger partial charge in [0.1, 0.15) is 0 Å². The van der Waals surface area contributed by atoms with E-state index >= 15 is 0 Å². The summed E-state index contributed by atoms with van der Waals surface area (Å²) in [7, 11) is 0. The topological polar surface area (TPSA) is 43.4 Å². The van der Waals surface area contributed by atoms with Crippen LogP contribution in [0.5, 0.6) is 0 Å². The Labute approximate surface area is 262 Å². The van der Waals surface area contributed by atoms with Crippen LogP contribution in [0.25, 0.3) is 0 Å². The summed E-state index contributed by atoms with van der Waals surface area (Å²) in [6.45, 7) is 18.4. The van der Waals surface area contributed by atoms with Crippen LogP contribution >= 0.6 is 0 Å². The summed E-state index contributed by atoms with van der Waals surface area (Å²) in [5, 5.41) is 0. The molecule has 0 N–H and O–H groups in total. The largest absolute Gasteiger partial charge is 0.392 e. The van der Waals surface area contributed by atoms with Gasteiger partial charge in [-0.3, -0.25) is 9.59 Å². The Kier molecular flexibility index (Phi) is 7.86. The van der Waals surface area contributed by atoms with Crippen molar-refractivity contribution in [1.82, 2.24) is 0 Å². The van der Waals surface area contributed by atoms with Gasteiger partial charge in [-0.1, -0.05) is 89.8 Å². The van der Waals surface area contributed by atoms with E-state index in [4.69, 9.17) is 4.74 Å². The van der Waals surface area contributed by atoms with Crippen molar-refractivity contribution in [2.24, 2.45) is 57.2 Å². The van der Waals surface area contributed by atoms with Gasteiger partial charge in [-0.2, -0.15) is 0 Å². The maximum atomic E-state index is 14.3. The van der Waals surface area contributed by atoms with Gasteiger partial charge in [-0.25, -0.2) is 0 Å². The predicted molar refractivity (Wildman–Crippen MR) is 175 cm³/mol. The number of carbonyl (C=O) groups is 2. The highest BCUT2D eigenvalue weighted by Gasteiger charge is 2.61. The van der Waals surface area contributed by atoms with Crippen molar-refractivity contribution in [2.75, 3.05) is 0 Å². The molecule has 0 aromatic carbocycles. The SMILES string of the molecule is CC(C)C1=CC2=CCC3[C@](C)(CCC[C@]3(C)C(=O)OC(=O)[C@@]3(C)CCC[C@@]4(C)C3CC=C3C=C(C(C)C)CC[C@H]34)[C@@H]2CC1. The lowest BCUT2D eigenvalue weighted by Crippen LogP contribution is -2.56. The second kappa shape index (κ2) is 10.9. The van der Waals surface area contributed by atoms with Crippen molar-refractivity contribution in [1.29, 1.82) is 0 Å². The van der Waals surface area contributed by atoms with E-state index in [1.807, 2.05) is 0 Å². The minimum absolute atomic E-state index is 0.0688. The molecule has 6 aliphatic rings. The molecule has 3 nitrogen and oxygen atoms in total. The van der Waals surface area contributed by atoms with Gasteiger partial charge in [0.25, 0.3) is 0 Å². The molecule has 6 aliphatic carbocycles. The molecule has 43 heavy (non-hydrogen) atoms. The van der Waals surface area contributed by atoms with Crippen molar-refractivity contribution in [3.63, 3.8) is 0 Å². The molecule has 0 saturated heterocycles. The fraction of sp³-hybridized carbons (Fsp3) is 0.750. The van der Waals surface area contributed by atoms with E-state index in [1.165, 1.54) is 24.0 Å². The maximum absolute atomic E-state index is 14.3. The molecule has 0 radical (unpaired) electrons. The molecule has 2 fully saturated rings. The first kappa shape index (κ1) is 31.1. The Morgan fingerprint density at radius 1 is 0.674 bits per heavy atom. The fourth-order valence-corrected chi connectivity index (χ4v) is 11.5. The molecule has 2 saturated carbocycles. The molecule has 2 unspecified atom stereocenters. The first-order chi connectivity index (χ1) is 20.2. The van der Waals surface area contributed by atoms with Gasteiger partial charge in [0, 0.05) is 0 Å². The van der Waals surface area contributed by atoms with Crippen LogP contribution in [0, 0.1) is 57.2 Å². The van der Waals surface area contributed by atoms with E-state index in [9.17, 15) is 9.59 Å². The lowest BCUT2D eigenvalue weighted by molar-refractivity contribution is -0.188. The minimum atomic E-state index is -0.623. The van der Waals surface area contributed by atoms with E-state index in [-0.39, 0.29) is 34.6 Å². The van der Waals surface area contributed by atoms with Crippen molar-refractivity contribution < 1.29 is 14.3 Å². The summed E-state index contributed by atoms with van der Waals surface area (Å²) >= 11 is 0. The highest BCUT2D eigenvalue weighted by atomic mass is 16.6. The van der Waals surface area contributed by atoms with Crippen LogP contribution < -0.4 is 0 Å². The maximum Gasteiger partial charge on any atom is 0.319 e. The van der Waals surface area contributed by atoms with Crippen LogP contribution in [0.15, 0.2) is 46.6 Å². The van der Waals surface area contributed by atoms with Crippen molar-refractivity contribution in [3.8, 4) is 0 Å². The molecule has 3 heteroatoms. The summed E-state index contributed by atoms with van der Waals surface area (Å²) in [5.74, 6) is 2.10. The number of hydrogen-bond donors (Lipinski definition) is 0. The molecule has 0 heterocycles. The number of carbonyl (C=O) groups excluding carboxylic acids is 2.